The third kappa shape index (κ3) is 2.11. The monoisotopic (exact) mass is 265 g/mol. The Morgan fingerprint density at radius 2 is 2.47 bits per heavy atom. The van der Waals surface area contributed by atoms with E-state index in [1.807, 2.05) is 0 Å². The molecule has 9 heteroatoms. The van der Waals surface area contributed by atoms with Crippen molar-refractivity contribution < 1.29 is 19.2 Å². The van der Waals surface area contributed by atoms with Crippen LogP contribution in [0.2, 0.25) is 0 Å². The van der Waals surface area contributed by atoms with E-state index < -0.39 is 41.2 Å². The van der Waals surface area contributed by atoms with Gasteiger partial charge in [-0.1, -0.05) is 4.98 Å². The lowest BCUT2D eigenvalue weighted by atomic mass is 10.1. The molecule has 0 spiro atoms. The number of aliphatic hydroxyl groups is 1. The Bertz CT molecular complexity index is 429. The van der Waals surface area contributed by atoms with Gasteiger partial charge in [-0.3, -0.25) is 0 Å². The molecule has 1 aromatic heterocycles. The number of nitrogens with one attached hydrogen (secondary N) is 1. The summed E-state index contributed by atoms with van der Waals surface area (Å²) < 4.78 is 17.6. The van der Waals surface area contributed by atoms with Crippen LogP contribution >= 0.6 is 11.6 Å². The quantitative estimate of drug-likeness (QED) is 0.476. The minimum atomic E-state index is -1.16. The maximum atomic E-state index is 12.5. The summed E-state index contributed by atoms with van der Waals surface area (Å²) in [6.07, 6.45) is -1.80. The van der Waals surface area contributed by atoms with Crippen molar-refractivity contribution in [2.45, 2.75) is 23.7 Å². The van der Waals surface area contributed by atoms with Crippen molar-refractivity contribution in [1.29, 1.82) is 0 Å². The lowest BCUT2D eigenvalue weighted by molar-refractivity contribution is -0.393. The summed E-state index contributed by atoms with van der Waals surface area (Å²) in [5, 5.41) is 19.1. The normalized spacial score (nSPS) is 32.9. The molecular formula is C8H9ClFN3O4. The molecule has 1 saturated heterocycles. The highest BCUT2D eigenvalue weighted by atomic mass is 35.5. The zero-order valence-corrected chi connectivity index (χ0v) is 9.17. The van der Waals surface area contributed by atoms with Gasteiger partial charge in [-0.05, 0) is 4.92 Å². The molecule has 0 saturated carbocycles. The lowest BCUT2D eigenvalue weighted by Gasteiger charge is -2.08. The third-order valence-corrected chi connectivity index (χ3v) is 3.01. The van der Waals surface area contributed by atoms with E-state index in [-0.39, 0.29) is 5.69 Å². The standard InChI is InChI=1S/C8H9ClFN3O4/c9-5-6(14)4(1-10)17-7(5)3-2-11-8(12-3)13(15)16/h2,4-7,14H,1H2,(H,11,12)/t4-,5+,6-,7+/m1/s1. The molecule has 0 unspecified atom stereocenters. The number of hydrogen-bond donors (Lipinski definition) is 2. The summed E-state index contributed by atoms with van der Waals surface area (Å²) >= 11 is 5.86. The van der Waals surface area contributed by atoms with Crippen molar-refractivity contribution in [3.8, 4) is 0 Å². The van der Waals surface area contributed by atoms with Crippen LogP contribution in [0, 0.1) is 10.1 Å². The summed E-state index contributed by atoms with van der Waals surface area (Å²) in [6.45, 7) is -0.882. The van der Waals surface area contributed by atoms with E-state index in [2.05, 4.69) is 9.97 Å². The van der Waals surface area contributed by atoms with E-state index in [0.717, 1.165) is 0 Å². The molecule has 0 aliphatic carbocycles. The fourth-order valence-electron chi connectivity index (χ4n) is 1.65. The molecule has 0 bridgehead atoms. The van der Waals surface area contributed by atoms with Crippen molar-refractivity contribution in [1.82, 2.24) is 9.97 Å². The number of H-pyrrole nitrogens is 1. The number of aromatic amines is 1. The Hall–Kier alpha value is -1.25. The van der Waals surface area contributed by atoms with Crippen LogP contribution in [-0.4, -0.2) is 44.3 Å². The van der Waals surface area contributed by atoms with Gasteiger partial charge in [0.25, 0.3) is 0 Å². The van der Waals surface area contributed by atoms with Crippen LogP contribution in [0.3, 0.4) is 0 Å². The lowest BCUT2D eigenvalue weighted by Crippen LogP contribution is -2.28. The summed E-state index contributed by atoms with van der Waals surface area (Å²) in [6, 6.07) is 0. The van der Waals surface area contributed by atoms with Gasteiger partial charge in [-0.15, -0.1) is 11.6 Å². The average Bonchev–Trinajstić information content (AvgIpc) is 2.87. The Balaban J connectivity index is 2.19. The molecule has 94 valence electrons. The van der Waals surface area contributed by atoms with Crippen molar-refractivity contribution in [3.05, 3.63) is 22.0 Å². The van der Waals surface area contributed by atoms with E-state index in [9.17, 15) is 19.6 Å². The Kier molecular flexibility index (Phi) is 3.27. The second-order valence-electron chi connectivity index (χ2n) is 3.59. The zero-order chi connectivity index (χ0) is 12.6. The SMILES string of the molecule is O=[N+]([O-])c1nc([C@@H]2O[C@H](CF)[C@@H](O)[C@@H]2Cl)c[nH]1. The number of imidazole rings is 1. The fraction of sp³-hybridized carbons (Fsp3) is 0.625. The van der Waals surface area contributed by atoms with Gasteiger partial charge in [0.1, 0.15) is 31.2 Å². The zero-order valence-electron chi connectivity index (χ0n) is 8.42. The first-order valence-electron chi connectivity index (χ1n) is 4.78. The number of nitrogens with zero attached hydrogens (tertiary/aromatic N) is 2. The van der Waals surface area contributed by atoms with Crippen LogP contribution in [0.4, 0.5) is 10.3 Å². The second-order valence-corrected chi connectivity index (χ2v) is 4.09. The summed E-state index contributed by atoms with van der Waals surface area (Å²) in [5.74, 6) is -0.453. The van der Waals surface area contributed by atoms with Gasteiger partial charge >= 0.3 is 5.95 Å². The number of rotatable bonds is 3. The van der Waals surface area contributed by atoms with E-state index in [1.165, 1.54) is 6.20 Å². The number of ether oxygens (including phenoxy) is 1. The highest BCUT2D eigenvalue weighted by Gasteiger charge is 2.45. The van der Waals surface area contributed by atoms with Crippen molar-refractivity contribution in [3.63, 3.8) is 0 Å². The third-order valence-electron chi connectivity index (χ3n) is 2.52. The molecule has 1 fully saturated rings. The van der Waals surface area contributed by atoms with Gasteiger partial charge < -0.3 is 20.0 Å². The Morgan fingerprint density at radius 1 is 1.76 bits per heavy atom. The Labute approximate surface area is 99.7 Å². The number of aliphatic hydroxyl groups excluding tert-OH is 1. The van der Waals surface area contributed by atoms with Crippen molar-refractivity contribution >= 4 is 17.5 Å². The number of halogens is 2. The van der Waals surface area contributed by atoms with Gasteiger partial charge in [-0.2, -0.15) is 0 Å². The first kappa shape index (κ1) is 12.2. The highest BCUT2D eigenvalue weighted by molar-refractivity contribution is 6.21. The van der Waals surface area contributed by atoms with Crippen LogP contribution in [0.25, 0.3) is 0 Å². The number of alkyl halides is 2. The summed E-state index contributed by atoms with van der Waals surface area (Å²) in [7, 11) is 0. The molecule has 0 aromatic carbocycles. The average molecular weight is 266 g/mol. The first-order chi connectivity index (χ1) is 8.04. The van der Waals surface area contributed by atoms with Gasteiger partial charge in [-0.25, -0.2) is 9.37 Å². The van der Waals surface area contributed by atoms with E-state index in [1.54, 1.807) is 0 Å². The molecule has 1 aromatic rings. The molecule has 7 nitrogen and oxygen atoms in total. The van der Waals surface area contributed by atoms with E-state index >= 15 is 0 Å². The molecule has 1 aliphatic heterocycles. The molecule has 2 rings (SSSR count). The minimum Gasteiger partial charge on any atom is -0.390 e. The van der Waals surface area contributed by atoms with Crippen LogP contribution in [0.15, 0.2) is 6.20 Å². The molecule has 0 amide bonds. The molecule has 4 atom stereocenters. The fourth-order valence-corrected chi connectivity index (χ4v) is 2.00. The van der Waals surface area contributed by atoms with Gasteiger partial charge in [0.15, 0.2) is 5.69 Å². The summed E-state index contributed by atoms with van der Waals surface area (Å²) in [4.78, 5) is 15.7. The minimum absolute atomic E-state index is 0.173. The van der Waals surface area contributed by atoms with Crippen LogP contribution < -0.4 is 0 Å². The second kappa shape index (κ2) is 4.55. The first-order valence-corrected chi connectivity index (χ1v) is 5.21. The van der Waals surface area contributed by atoms with E-state index in [4.69, 9.17) is 16.3 Å². The van der Waals surface area contributed by atoms with Gasteiger partial charge in [0.2, 0.25) is 0 Å². The molecular weight excluding hydrogens is 257 g/mol. The number of aromatic nitrogens is 2. The van der Waals surface area contributed by atoms with Gasteiger partial charge in [0.05, 0.1) is 5.38 Å². The highest BCUT2D eigenvalue weighted by Crippen LogP contribution is 2.36. The largest absolute Gasteiger partial charge is 0.432 e. The molecule has 1 aliphatic rings. The summed E-state index contributed by atoms with van der Waals surface area (Å²) in [5.41, 5.74) is 0.173. The molecule has 0 radical (unpaired) electrons. The Morgan fingerprint density at radius 3 is 2.94 bits per heavy atom. The topological polar surface area (TPSA) is 101 Å². The maximum Gasteiger partial charge on any atom is 0.432 e. The van der Waals surface area contributed by atoms with Crippen molar-refractivity contribution in [2.75, 3.05) is 6.67 Å². The van der Waals surface area contributed by atoms with Crippen LogP contribution in [0.1, 0.15) is 11.8 Å². The predicted molar refractivity (Wildman–Crippen MR) is 54.5 cm³/mol. The molecule has 2 N–H and O–H groups in total. The van der Waals surface area contributed by atoms with Gasteiger partial charge in [0, 0.05) is 0 Å². The van der Waals surface area contributed by atoms with Crippen LogP contribution in [0.5, 0.6) is 0 Å². The van der Waals surface area contributed by atoms with Crippen LogP contribution in [-0.2, 0) is 4.74 Å². The van der Waals surface area contributed by atoms with E-state index in [0.29, 0.717) is 0 Å². The molecule has 2 heterocycles. The molecule has 17 heavy (non-hydrogen) atoms. The maximum absolute atomic E-state index is 12.5. The number of hydrogen-bond acceptors (Lipinski definition) is 5. The number of nitro groups is 1. The smallest absolute Gasteiger partial charge is 0.390 e. The van der Waals surface area contributed by atoms with Crippen molar-refractivity contribution in [2.24, 2.45) is 0 Å². The predicted octanol–water partition coefficient (Wildman–Crippen LogP) is 0.696.